The molecule has 3 rings (SSSR count). The number of ketones is 1. The van der Waals surface area contributed by atoms with Crippen molar-refractivity contribution in [1.29, 1.82) is 5.26 Å². The summed E-state index contributed by atoms with van der Waals surface area (Å²) in [7, 11) is 3.31. The molecule has 0 aliphatic carbocycles. The predicted molar refractivity (Wildman–Crippen MR) is 198 cm³/mol. The molecule has 1 saturated heterocycles. The largest absolute Gasteiger partial charge is 0.493 e. The molecule has 1 aliphatic heterocycles. The van der Waals surface area contributed by atoms with E-state index < -0.39 is 5.41 Å². The molecular weight excluding hydrogens is 623 g/mol. The lowest BCUT2D eigenvalue weighted by Crippen LogP contribution is -2.36. The number of methoxy groups -OCH3 is 2. The van der Waals surface area contributed by atoms with E-state index in [0.717, 1.165) is 83.0 Å². The van der Waals surface area contributed by atoms with Gasteiger partial charge in [-0.1, -0.05) is 103 Å². The minimum absolute atomic E-state index is 0. The smallest absolute Gasteiger partial charge is 0.166 e. The van der Waals surface area contributed by atoms with Crippen LogP contribution in [0.15, 0.2) is 42.5 Å². The van der Waals surface area contributed by atoms with Gasteiger partial charge in [0.25, 0.3) is 0 Å². The monoisotopic (exact) mass is 684 g/mol. The number of halogens is 2. The maximum absolute atomic E-state index is 13.2. The number of benzene rings is 2. The van der Waals surface area contributed by atoms with Gasteiger partial charge in [-0.05, 0) is 93.7 Å². The Hall–Kier alpha value is -2.62. The molecule has 7 heteroatoms. The second-order valence-electron chi connectivity index (χ2n) is 13.7. The fraction of sp³-hybridized carbons (Fsp3) is 0.659. The number of nitriles is 1. The van der Waals surface area contributed by atoms with Crippen molar-refractivity contribution in [2.45, 2.75) is 134 Å². The highest BCUT2D eigenvalue weighted by molar-refractivity contribution is 5.97. The van der Waals surface area contributed by atoms with Gasteiger partial charge in [-0.15, -0.1) is 12.4 Å². The van der Waals surface area contributed by atoms with E-state index in [-0.39, 0.29) is 29.9 Å². The van der Waals surface area contributed by atoms with Gasteiger partial charge in [-0.25, -0.2) is 4.39 Å². The molecule has 0 amide bonds. The van der Waals surface area contributed by atoms with Gasteiger partial charge in [-0.3, -0.25) is 4.79 Å². The second-order valence-corrected chi connectivity index (χ2v) is 13.7. The average Bonchev–Trinajstić information content (AvgIpc) is 3.11. The Morgan fingerprint density at radius 1 is 0.792 bits per heavy atom. The van der Waals surface area contributed by atoms with Crippen molar-refractivity contribution in [1.82, 2.24) is 4.90 Å². The first-order valence-electron chi connectivity index (χ1n) is 18.6. The highest BCUT2D eigenvalue weighted by Crippen LogP contribution is 2.39. The number of carbonyl (C=O) groups is 1. The second kappa shape index (κ2) is 23.7. The number of Topliss-reactive ketones (excluding diaryl/α,β-unsaturated/α-hetero) is 1. The van der Waals surface area contributed by atoms with E-state index >= 15 is 0 Å². The molecule has 0 N–H and O–H groups in total. The standard InChI is InChI=1S/C41H61FN2O3.ClH/c1-4-5-6-7-8-9-10-11-12-13-16-27-41(33-43,36-21-24-38(46-2)39(32-36)47-3)28-17-14-15-18-29-44-30-25-35(26-31-44)40(45)34-19-22-37(42)23-20-34;/h19-24,32,35H,4-18,25-31H2,1-3H3;1H. The third kappa shape index (κ3) is 13.7. The Balaban J connectivity index is 0.00000800. The summed E-state index contributed by atoms with van der Waals surface area (Å²) in [6.07, 6.45) is 22.1. The molecule has 1 fully saturated rings. The van der Waals surface area contributed by atoms with Crippen molar-refractivity contribution in [3.63, 3.8) is 0 Å². The molecule has 1 atom stereocenters. The van der Waals surface area contributed by atoms with Gasteiger partial charge in [0, 0.05) is 11.5 Å². The van der Waals surface area contributed by atoms with Crippen LogP contribution in [0.25, 0.3) is 0 Å². The number of likely N-dealkylation sites (tertiary alicyclic amines) is 1. The van der Waals surface area contributed by atoms with Gasteiger partial charge in [0.2, 0.25) is 0 Å². The zero-order valence-corrected chi connectivity index (χ0v) is 30.9. The Bertz CT molecular complexity index is 1210. The van der Waals surface area contributed by atoms with E-state index in [1.54, 1.807) is 26.4 Å². The Morgan fingerprint density at radius 2 is 1.31 bits per heavy atom. The van der Waals surface area contributed by atoms with Crippen molar-refractivity contribution in [2.24, 2.45) is 5.92 Å². The molecule has 0 radical (unpaired) electrons. The van der Waals surface area contributed by atoms with Crippen molar-refractivity contribution in [3.8, 4) is 17.6 Å². The van der Waals surface area contributed by atoms with Crippen LogP contribution >= 0.6 is 12.4 Å². The highest BCUT2D eigenvalue weighted by atomic mass is 35.5. The number of hydrogen-bond acceptors (Lipinski definition) is 5. The molecule has 0 aromatic heterocycles. The number of nitrogens with zero attached hydrogens (tertiary/aromatic N) is 2. The van der Waals surface area contributed by atoms with Gasteiger partial charge in [0.1, 0.15) is 5.82 Å². The van der Waals surface area contributed by atoms with Crippen LogP contribution in [0.4, 0.5) is 4.39 Å². The molecule has 0 saturated carbocycles. The fourth-order valence-corrected chi connectivity index (χ4v) is 7.20. The van der Waals surface area contributed by atoms with Crippen LogP contribution < -0.4 is 9.47 Å². The Morgan fingerprint density at radius 3 is 1.83 bits per heavy atom. The molecule has 5 nitrogen and oxygen atoms in total. The number of piperidine rings is 1. The topological polar surface area (TPSA) is 62.6 Å². The van der Waals surface area contributed by atoms with Crippen molar-refractivity contribution >= 4 is 18.2 Å². The maximum atomic E-state index is 13.2. The first kappa shape index (κ1) is 41.6. The number of hydrogen-bond donors (Lipinski definition) is 0. The molecule has 0 spiro atoms. The summed E-state index contributed by atoms with van der Waals surface area (Å²) in [5.41, 5.74) is 1.15. The molecule has 48 heavy (non-hydrogen) atoms. The van der Waals surface area contributed by atoms with Crippen LogP contribution in [0.1, 0.15) is 145 Å². The van der Waals surface area contributed by atoms with Crippen LogP contribution in [0.5, 0.6) is 11.5 Å². The first-order chi connectivity index (χ1) is 23.0. The molecule has 1 aliphatic rings. The van der Waals surface area contributed by atoms with Gasteiger partial charge in [0.15, 0.2) is 17.3 Å². The van der Waals surface area contributed by atoms with Gasteiger partial charge >= 0.3 is 0 Å². The predicted octanol–water partition coefficient (Wildman–Crippen LogP) is 11.3. The van der Waals surface area contributed by atoms with Gasteiger partial charge in [-0.2, -0.15) is 5.26 Å². The highest BCUT2D eigenvalue weighted by Gasteiger charge is 2.32. The average molecular weight is 685 g/mol. The Kier molecular flexibility index (Phi) is 20.5. The fourth-order valence-electron chi connectivity index (χ4n) is 7.20. The molecule has 2 aromatic rings. The van der Waals surface area contributed by atoms with Crippen molar-refractivity contribution in [2.75, 3.05) is 33.9 Å². The lowest BCUT2D eigenvalue weighted by Gasteiger charge is -2.31. The molecule has 0 bridgehead atoms. The number of ether oxygens (including phenoxy) is 2. The Labute approximate surface area is 297 Å². The SMILES string of the molecule is CCCCCCCCCCCCCC(C#N)(CCCCCCN1CCC(C(=O)c2ccc(F)cc2)CC1)c1ccc(OC)c(OC)c1.Cl. The van der Waals surface area contributed by atoms with Crippen molar-refractivity contribution < 1.29 is 18.7 Å². The van der Waals surface area contributed by atoms with Crippen molar-refractivity contribution in [3.05, 3.63) is 59.4 Å². The van der Waals surface area contributed by atoms with E-state index in [0.29, 0.717) is 17.1 Å². The third-order valence-corrected chi connectivity index (χ3v) is 10.3. The van der Waals surface area contributed by atoms with E-state index in [2.05, 4.69) is 24.0 Å². The maximum Gasteiger partial charge on any atom is 0.166 e. The zero-order chi connectivity index (χ0) is 33.7. The molecule has 1 heterocycles. The quantitative estimate of drug-likeness (QED) is 0.0813. The van der Waals surface area contributed by atoms with Crippen LogP contribution in [-0.4, -0.2) is 44.5 Å². The van der Waals surface area contributed by atoms with Crippen LogP contribution in [0.3, 0.4) is 0 Å². The minimum Gasteiger partial charge on any atom is -0.493 e. The van der Waals surface area contributed by atoms with Gasteiger partial charge in [0.05, 0.1) is 25.7 Å². The van der Waals surface area contributed by atoms with Crippen LogP contribution in [-0.2, 0) is 5.41 Å². The van der Waals surface area contributed by atoms with E-state index in [9.17, 15) is 14.4 Å². The molecule has 1 unspecified atom stereocenters. The lowest BCUT2D eigenvalue weighted by molar-refractivity contribution is 0.0838. The number of carbonyl (C=O) groups excluding carboxylic acids is 1. The summed E-state index contributed by atoms with van der Waals surface area (Å²) < 4.78 is 24.3. The summed E-state index contributed by atoms with van der Waals surface area (Å²) in [4.78, 5) is 15.3. The zero-order valence-electron chi connectivity index (χ0n) is 30.1. The first-order valence-corrected chi connectivity index (χ1v) is 18.6. The van der Waals surface area contributed by atoms with E-state index in [4.69, 9.17) is 9.47 Å². The summed E-state index contributed by atoms with van der Waals surface area (Å²) in [5.74, 6) is 1.26. The van der Waals surface area contributed by atoms with E-state index in [1.165, 1.54) is 76.3 Å². The summed E-state index contributed by atoms with van der Waals surface area (Å²) in [5, 5.41) is 10.6. The third-order valence-electron chi connectivity index (χ3n) is 10.3. The summed E-state index contributed by atoms with van der Waals surface area (Å²) in [6.45, 7) is 5.20. The minimum atomic E-state index is -0.516. The van der Waals surface area contributed by atoms with E-state index in [1.807, 2.05) is 12.1 Å². The number of rotatable bonds is 24. The normalized spacial score (nSPS) is 14.9. The van der Waals surface area contributed by atoms with Crippen LogP contribution in [0, 0.1) is 23.1 Å². The molecule has 268 valence electrons. The molecule has 2 aromatic carbocycles. The lowest BCUT2D eigenvalue weighted by atomic mass is 9.73. The van der Waals surface area contributed by atoms with Gasteiger partial charge < -0.3 is 14.4 Å². The van der Waals surface area contributed by atoms with Crippen LogP contribution in [0.2, 0.25) is 0 Å². The summed E-state index contributed by atoms with van der Waals surface area (Å²) >= 11 is 0. The number of unbranched alkanes of at least 4 members (excludes halogenated alkanes) is 13. The molecular formula is C41H62ClFN2O3. The summed E-state index contributed by atoms with van der Waals surface area (Å²) in [6, 6.07) is 14.8.